The second-order valence-corrected chi connectivity index (χ2v) is 6.72. The van der Waals surface area contributed by atoms with Gasteiger partial charge in [-0.2, -0.15) is 0 Å². The van der Waals surface area contributed by atoms with Gasteiger partial charge in [-0.1, -0.05) is 29.4 Å². The molecule has 1 aromatic rings. The number of ether oxygens (including phenoxy) is 1. The van der Waals surface area contributed by atoms with E-state index in [1.165, 1.54) is 28.9 Å². The van der Waals surface area contributed by atoms with Crippen LogP contribution in [0, 0.1) is 0 Å². The zero-order chi connectivity index (χ0) is 17.5. The van der Waals surface area contributed by atoms with Crippen LogP contribution in [0.2, 0.25) is 0 Å². The topological polar surface area (TPSA) is 49.7 Å². The molecule has 0 spiro atoms. The summed E-state index contributed by atoms with van der Waals surface area (Å²) >= 11 is 0. The van der Waals surface area contributed by atoms with Crippen LogP contribution in [0.25, 0.3) is 0 Å². The molecule has 3 heteroatoms. The first-order valence-corrected chi connectivity index (χ1v) is 8.56. The minimum Gasteiger partial charge on any atom is -0.508 e. The fourth-order valence-corrected chi connectivity index (χ4v) is 2.82. The molecule has 1 atom stereocenters. The maximum atomic E-state index is 9.93. The summed E-state index contributed by atoms with van der Waals surface area (Å²) in [5.74, 6) is 0.327. The van der Waals surface area contributed by atoms with Crippen LogP contribution in [-0.4, -0.2) is 16.8 Å². The van der Waals surface area contributed by atoms with Gasteiger partial charge in [0.05, 0.1) is 12.7 Å². The Morgan fingerprint density at radius 1 is 1.21 bits per heavy atom. The van der Waals surface area contributed by atoms with Crippen LogP contribution in [-0.2, 0) is 4.74 Å². The average Bonchev–Trinajstić information content (AvgIpc) is 2.98. The molecule has 130 valence electrons. The van der Waals surface area contributed by atoms with Crippen molar-refractivity contribution < 1.29 is 14.9 Å². The summed E-state index contributed by atoms with van der Waals surface area (Å²) in [5, 5.41) is 19.5. The molecule has 1 aliphatic heterocycles. The van der Waals surface area contributed by atoms with Crippen molar-refractivity contribution in [3.8, 4) is 11.5 Å². The van der Waals surface area contributed by atoms with E-state index in [1.807, 2.05) is 0 Å². The summed E-state index contributed by atoms with van der Waals surface area (Å²) in [6, 6.07) is 4.57. The van der Waals surface area contributed by atoms with Gasteiger partial charge in [0.1, 0.15) is 11.5 Å². The average molecular weight is 328 g/mol. The molecule has 1 fully saturated rings. The number of rotatable bonds is 6. The lowest BCUT2D eigenvalue weighted by atomic mass is 10.0. The van der Waals surface area contributed by atoms with Crippen LogP contribution in [0.4, 0.5) is 0 Å². The number of allylic oxidation sites excluding steroid dienone is 5. The van der Waals surface area contributed by atoms with E-state index in [2.05, 4.69) is 39.0 Å². The SMILES string of the molecule is CC(C)=CCC/C(C)=C/C/C=C1\CO[C@H](c2cc(O)ccc2O)C1. The van der Waals surface area contributed by atoms with Gasteiger partial charge in [-0.25, -0.2) is 0 Å². The Balaban J connectivity index is 1.87. The first-order valence-electron chi connectivity index (χ1n) is 8.56. The molecule has 1 heterocycles. The Morgan fingerprint density at radius 3 is 2.75 bits per heavy atom. The van der Waals surface area contributed by atoms with Crippen LogP contribution in [0.5, 0.6) is 11.5 Å². The molecule has 0 aromatic heterocycles. The normalized spacial score (nSPS) is 19.7. The molecule has 1 saturated heterocycles. The minimum absolute atomic E-state index is 0.152. The maximum Gasteiger partial charge on any atom is 0.121 e. The summed E-state index contributed by atoms with van der Waals surface area (Å²) in [6.07, 6.45) is 10.5. The van der Waals surface area contributed by atoms with Gasteiger partial charge < -0.3 is 14.9 Å². The van der Waals surface area contributed by atoms with Crippen LogP contribution in [0.3, 0.4) is 0 Å². The Bertz CT molecular complexity index is 649. The molecule has 0 radical (unpaired) electrons. The van der Waals surface area contributed by atoms with E-state index in [0.29, 0.717) is 12.2 Å². The number of aromatic hydroxyl groups is 2. The van der Waals surface area contributed by atoms with E-state index in [-0.39, 0.29) is 17.6 Å². The summed E-state index contributed by atoms with van der Waals surface area (Å²) in [6.45, 7) is 7.02. The van der Waals surface area contributed by atoms with Gasteiger partial charge in [-0.3, -0.25) is 0 Å². The summed E-state index contributed by atoms with van der Waals surface area (Å²) in [4.78, 5) is 0. The fourth-order valence-electron chi connectivity index (χ4n) is 2.82. The lowest BCUT2D eigenvalue weighted by Crippen LogP contribution is -1.95. The molecule has 0 bridgehead atoms. The highest BCUT2D eigenvalue weighted by molar-refractivity contribution is 5.41. The third-order valence-electron chi connectivity index (χ3n) is 4.24. The van der Waals surface area contributed by atoms with Crippen molar-refractivity contribution in [3.63, 3.8) is 0 Å². The van der Waals surface area contributed by atoms with E-state index < -0.39 is 0 Å². The Kier molecular flexibility index (Phi) is 6.68. The smallest absolute Gasteiger partial charge is 0.121 e. The lowest BCUT2D eigenvalue weighted by Gasteiger charge is -2.11. The van der Waals surface area contributed by atoms with Gasteiger partial charge >= 0.3 is 0 Å². The Labute approximate surface area is 145 Å². The predicted octanol–water partition coefficient (Wildman–Crippen LogP) is 5.57. The van der Waals surface area contributed by atoms with Crippen LogP contribution < -0.4 is 0 Å². The maximum absolute atomic E-state index is 9.93. The van der Waals surface area contributed by atoms with Crippen molar-refractivity contribution >= 4 is 0 Å². The Hall–Kier alpha value is -2.00. The first kappa shape index (κ1) is 18.3. The molecule has 0 saturated carbocycles. The van der Waals surface area contributed by atoms with Gasteiger partial charge in [-0.15, -0.1) is 0 Å². The molecule has 0 amide bonds. The molecule has 1 aromatic carbocycles. The standard InChI is InChI=1S/C21H28O3/c1-15(2)6-4-7-16(3)8-5-9-17-12-21(24-14-17)19-13-18(22)10-11-20(19)23/h6,8-11,13,21-23H,4-5,7,12,14H2,1-3H3/b16-8+,17-9-/t21-/m0/s1. The van der Waals surface area contributed by atoms with Crippen molar-refractivity contribution in [1.29, 1.82) is 0 Å². The number of hydrogen-bond acceptors (Lipinski definition) is 3. The Morgan fingerprint density at radius 2 is 2.00 bits per heavy atom. The molecular weight excluding hydrogens is 300 g/mol. The number of phenolic OH excluding ortho intramolecular Hbond substituents is 2. The second kappa shape index (κ2) is 8.74. The highest BCUT2D eigenvalue weighted by Crippen LogP contribution is 2.38. The minimum atomic E-state index is -0.175. The molecular formula is C21H28O3. The van der Waals surface area contributed by atoms with Gasteiger partial charge in [0.15, 0.2) is 0 Å². The zero-order valence-corrected chi connectivity index (χ0v) is 14.9. The number of hydrogen-bond donors (Lipinski definition) is 2. The van der Waals surface area contributed by atoms with E-state index in [1.54, 1.807) is 6.07 Å². The van der Waals surface area contributed by atoms with Crippen LogP contribution in [0.15, 0.2) is 53.1 Å². The lowest BCUT2D eigenvalue weighted by molar-refractivity contribution is 0.112. The molecule has 2 N–H and O–H groups in total. The van der Waals surface area contributed by atoms with E-state index >= 15 is 0 Å². The monoisotopic (exact) mass is 328 g/mol. The fraction of sp³-hybridized carbons (Fsp3) is 0.429. The van der Waals surface area contributed by atoms with E-state index in [9.17, 15) is 10.2 Å². The molecule has 24 heavy (non-hydrogen) atoms. The van der Waals surface area contributed by atoms with Gasteiger partial charge in [0.2, 0.25) is 0 Å². The highest BCUT2D eigenvalue weighted by atomic mass is 16.5. The number of phenols is 2. The molecule has 1 aliphatic rings. The third kappa shape index (κ3) is 5.57. The quantitative estimate of drug-likeness (QED) is 0.530. The van der Waals surface area contributed by atoms with Gasteiger partial charge in [0.25, 0.3) is 0 Å². The summed E-state index contributed by atoms with van der Waals surface area (Å²) < 4.78 is 5.77. The van der Waals surface area contributed by atoms with E-state index in [0.717, 1.165) is 25.7 Å². The number of benzene rings is 1. The van der Waals surface area contributed by atoms with Crippen LogP contribution in [0.1, 0.15) is 58.1 Å². The summed E-state index contributed by atoms with van der Waals surface area (Å²) in [5.41, 5.74) is 4.68. The van der Waals surface area contributed by atoms with Crippen molar-refractivity contribution in [2.45, 2.75) is 52.6 Å². The first-order chi connectivity index (χ1) is 11.5. The van der Waals surface area contributed by atoms with Gasteiger partial charge in [0, 0.05) is 12.0 Å². The third-order valence-corrected chi connectivity index (χ3v) is 4.24. The van der Waals surface area contributed by atoms with Crippen LogP contribution >= 0.6 is 0 Å². The molecule has 3 nitrogen and oxygen atoms in total. The highest BCUT2D eigenvalue weighted by Gasteiger charge is 2.24. The van der Waals surface area contributed by atoms with Crippen molar-refractivity contribution in [3.05, 3.63) is 58.7 Å². The summed E-state index contributed by atoms with van der Waals surface area (Å²) in [7, 11) is 0. The van der Waals surface area contributed by atoms with Crippen molar-refractivity contribution in [1.82, 2.24) is 0 Å². The predicted molar refractivity (Wildman–Crippen MR) is 98.2 cm³/mol. The van der Waals surface area contributed by atoms with Crippen molar-refractivity contribution in [2.24, 2.45) is 0 Å². The van der Waals surface area contributed by atoms with Crippen molar-refractivity contribution in [2.75, 3.05) is 6.61 Å². The molecule has 0 aliphatic carbocycles. The largest absolute Gasteiger partial charge is 0.508 e. The zero-order valence-electron chi connectivity index (χ0n) is 14.9. The van der Waals surface area contributed by atoms with E-state index in [4.69, 9.17) is 4.74 Å². The second-order valence-electron chi connectivity index (χ2n) is 6.72. The molecule has 2 rings (SSSR count). The van der Waals surface area contributed by atoms with Gasteiger partial charge in [-0.05, 0) is 63.8 Å². The molecule has 0 unspecified atom stereocenters.